The van der Waals surface area contributed by atoms with Crippen molar-refractivity contribution in [2.75, 3.05) is 0 Å². The van der Waals surface area contributed by atoms with Crippen molar-refractivity contribution in [1.29, 1.82) is 0 Å². The zero-order chi connectivity index (χ0) is 12.1. The summed E-state index contributed by atoms with van der Waals surface area (Å²) in [6.45, 7) is 6.07. The van der Waals surface area contributed by atoms with Crippen molar-refractivity contribution >= 4 is 17.7 Å². The van der Waals surface area contributed by atoms with Crippen LogP contribution in [0.2, 0.25) is 0 Å². The number of aliphatic carboxylic acids is 1. The Bertz CT molecular complexity index is 350. The van der Waals surface area contributed by atoms with Crippen LogP contribution in [0.5, 0.6) is 0 Å². The average Bonchev–Trinajstić information content (AvgIpc) is 2.66. The van der Waals surface area contributed by atoms with Gasteiger partial charge in [0.25, 0.3) is 0 Å². The summed E-state index contributed by atoms with van der Waals surface area (Å²) in [6.07, 6.45) is 4.25. The van der Waals surface area contributed by atoms with Crippen LogP contribution >= 0.6 is 11.8 Å². The Hall–Kier alpha value is -0.970. The number of hydrogen-bond donors (Lipinski definition) is 1. The van der Waals surface area contributed by atoms with Crippen LogP contribution in [0.15, 0.2) is 12.5 Å². The van der Waals surface area contributed by atoms with E-state index in [2.05, 4.69) is 23.4 Å². The van der Waals surface area contributed by atoms with Gasteiger partial charge in [0.2, 0.25) is 0 Å². The molecule has 1 heterocycles. The van der Waals surface area contributed by atoms with Gasteiger partial charge in [0.05, 0.1) is 6.33 Å². The highest BCUT2D eigenvalue weighted by molar-refractivity contribution is 7.99. The molecule has 0 radical (unpaired) electrons. The van der Waals surface area contributed by atoms with Crippen molar-refractivity contribution < 1.29 is 9.90 Å². The molecule has 4 nitrogen and oxygen atoms in total. The molecule has 0 aromatic carbocycles. The molecule has 1 rings (SSSR count). The first kappa shape index (κ1) is 13.1. The van der Waals surface area contributed by atoms with Gasteiger partial charge in [-0.3, -0.25) is 4.79 Å². The molecular formula is C11H18N2O2S. The molecule has 0 amide bonds. The second-order valence-corrected chi connectivity index (χ2v) is 5.12. The maximum absolute atomic E-state index is 10.9. The second-order valence-electron chi connectivity index (χ2n) is 3.93. The van der Waals surface area contributed by atoms with E-state index in [0.717, 1.165) is 5.69 Å². The van der Waals surface area contributed by atoms with Crippen molar-refractivity contribution in [2.45, 2.75) is 44.2 Å². The summed E-state index contributed by atoms with van der Waals surface area (Å²) in [7, 11) is 0. The predicted octanol–water partition coefficient (Wildman–Crippen LogP) is 2.56. The minimum absolute atomic E-state index is 0.324. The molecule has 1 N–H and O–H groups in total. The molecule has 1 atom stereocenters. The number of thioether (sulfide) groups is 1. The standard InChI is InChI=1S/C11H18N2O2S/c1-4-10(11(14)15)16-6-9-5-12-7-13(9)8(2)3/h5,7-8,10H,4,6H2,1-3H3,(H,14,15). The minimum Gasteiger partial charge on any atom is -0.480 e. The van der Waals surface area contributed by atoms with Crippen LogP contribution in [-0.4, -0.2) is 25.9 Å². The summed E-state index contributed by atoms with van der Waals surface area (Å²) >= 11 is 1.46. The van der Waals surface area contributed by atoms with Gasteiger partial charge >= 0.3 is 5.97 Å². The molecule has 0 aliphatic heterocycles. The van der Waals surface area contributed by atoms with Crippen LogP contribution in [0.25, 0.3) is 0 Å². The molecule has 5 heteroatoms. The molecule has 1 unspecified atom stereocenters. The second kappa shape index (κ2) is 5.94. The zero-order valence-electron chi connectivity index (χ0n) is 9.88. The molecule has 0 aliphatic rings. The third-order valence-corrected chi connectivity index (χ3v) is 3.78. The van der Waals surface area contributed by atoms with E-state index in [1.165, 1.54) is 11.8 Å². The molecule has 1 aromatic heterocycles. The third kappa shape index (κ3) is 3.27. The van der Waals surface area contributed by atoms with E-state index in [1.54, 1.807) is 6.33 Å². The van der Waals surface area contributed by atoms with Crippen molar-refractivity contribution in [3.63, 3.8) is 0 Å². The van der Waals surface area contributed by atoms with Gasteiger partial charge < -0.3 is 9.67 Å². The third-order valence-electron chi connectivity index (χ3n) is 2.38. The summed E-state index contributed by atoms with van der Waals surface area (Å²) in [6, 6.07) is 0.364. The van der Waals surface area contributed by atoms with Crippen LogP contribution in [0.4, 0.5) is 0 Å². The lowest BCUT2D eigenvalue weighted by Crippen LogP contribution is -2.15. The summed E-state index contributed by atoms with van der Waals surface area (Å²) in [4.78, 5) is 15.0. The fourth-order valence-electron chi connectivity index (χ4n) is 1.46. The lowest BCUT2D eigenvalue weighted by atomic mass is 10.3. The first-order valence-electron chi connectivity index (χ1n) is 5.41. The summed E-state index contributed by atoms with van der Waals surface area (Å²) in [5, 5.41) is 8.61. The molecule has 90 valence electrons. The quantitative estimate of drug-likeness (QED) is 0.833. The van der Waals surface area contributed by atoms with Crippen molar-refractivity contribution in [2.24, 2.45) is 0 Å². The van der Waals surface area contributed by atoms with E-state index in [1.807, 2.05) is 13.1 Å². The lowest BCUT2D eigenvalue weighted by molar-refractivity contribution is -0.136. The molecule has 0 fully saturated rings. The SMILES string of the molecule is CCC(SCc1cncn1C(C)C)C(=O)O. The van der Waals surface area contributed by atoms with Crippen LogP contribution in [0.1, 0.15) is 38.9 Å². The normalized spacial score (nSPS) is 13.0. The Morgan fingerprint density at radius 2 is 2.31 bits per heavy atom. The van der Waals surface area contributed by atoms with Gasteiger partial charge in [-0.1, -0.05) is 6.92 Å². The number of rotatable bonds is 6. The highest BCUT2D eigenvalue weighted by Gasteiger charge is 2.16. The van der Waals surface area contributed by atoms with E-state index in [4.69, 9.17) is 5.11 Å². The number of carbonyl (C=O) groups is 1. The highest BCUT2D eigenvalue weighted by atomic mass is 32.2. The smallest absolute Gasteiger partial charge is 0.316 e. The fourth-order valence-corrected chi connectivity index (χ4v) is 2.43. The number of hydrogen-bond acceptors (Lipinski definition) is 3. The molecule has 0 spiro atoms. The molecule has 0 aliphatic carbocycles. The molecule has 16 heavy (non-hydrogen) atoms. The van der Waals surface area contributed by atoms with E-state index >= 15 is 0 Å². The number of aromatic nitrogens is 2. The molecule has 0 saturated heterocycles. The summed E-state index contributed by atoms with van der Waals surface area (Å²) in [5.74, 6) is -0.0358. The number of carboxylic acids is 1. The average molecular weight is 242 g/mol. The Morgan fingerprint density at radius 3 is 2.81 bits per heavy atom. The van der Waals surface area contributed by atoms with Gasteiger partial charge in [0.1, 0.15) is 5.25 Å². The fraction of sp³-hybridized carbons (Fsp3) is 0.636. The van der Waals surface area contributed by atoms with Crippen LogP contribution in [-0.2, 0) is 10.5 Å². The van der Waals surface area contributed by atoms with Gasteiger partial charge in [-0.05, 0) is 20.3 Å². The monoisotopic (exact) mass is 242 g/mol. The summed E-state index contributed by atoms with van der Waals surface area (Å²) in [5.41, 5.74) is 1.08. The maximum atomic E-state index is 10.9. The van der Waals surface area contributed by atoms with E-state index in [0.29, 0.717) is 18.2 Å². The maximum Gasteiger partial charge on any atom is 0.316 e. The van der Waals surface area contributed by atoms with E-state index in [-0.39, 0.29) is 5.25 Å². The van der Waals surface area contributed by atoms with Crippen LogP contribution in [0.3, 0.4) is 0 Å². The van der Waals surface area contributed by atoms with Gasteiger partial charge in [0.15, 0.2) is 0 Å². The first-order valence-corrected chi connectivity index (χ1v) is 6.46. The van der Waals surface area contributed by atoms with Crippen molar-refractivity contribution in [1.82, 2.24) is 9.55 Å². The molecule has 0 bridgehead atoms. The number of nitrogens with zero attached hydrogens (tertiary/aromatic N) is 2. The van der Waals surface area contributed by atoms with Crippen LogP contribution in [0, 0.1) is 0 Å². The Balaban J connectivity index is 2.60. The van der Waals surface area contributed by atoms with Gasteiger partial charge in [0, 0.05) is 23.7 Å². The van der Waals surface area contributed by atoms with Gasteiger partial charge in [-0.2, -0.15) is 0 Å². The van der Waals surface area contributed by atoms with Crippen molar-refractivity contribution in [3.05, 3.63) is 18.2 Å². The first-order chi connectivity index (χ1) is 7.56. The Labute approximate surface area is 100 Å². The topological polar surface area (TPSA) is 55.1 Å². The predicted molar refractivity (Wildman–Crippen MR) is 65.6 cm³/mol. The lowest BCUT2D eigenvalue weighted by Gasteiger charge is -2.13. The van der Waals surface area contributed by atoms with Crippen LogP contribution < -0.4 is 0 Å². The van der Waals surface area contributed by atoms with E-state index in [9.17, 15) is 4.79 Å². The van der Waals surface area contributed by atoms with Crippen molar-refractivity contribution in [3.8, 4) is 0 Å². The Morgan fingerprint density at radius 1 is 1.62 bits per heavy atom. The largest absolute Gasteiger partial charge is 0.480 e. The Kier molecular flexibility index (Phi) is 4.86. The molecular weight excluding hydrogens is 224 g/mol. The molecule has 1 aromatic rings. The number of carboxylic acid groups (broad SMARTS) is 1. The minimum atomic E-state index is -0.733. The number of imidazole rings is 1. The summed E-state index contributed by atoms with van der Waals surface area (Å²) < 4.78 is 2.07. The zero-order valence-corrected chi connectivity index (χ0v) is 10.7. The van der Waals surface area contributed by atoms with E-state index < -0.39 is 5.97 Å². The molecule has 0 saturated carbocycles. The highest BCUT2D eigenvalue weighted by Crippen LogP contribution is 2.21. The van der Waals surface area contributed by atoms with Gasteiger partial charge in [-0.25, -0.2) is 4.98 Å². The van der Waals surface area contributed by atoms with Gasteiger partial charge in [-0.15, -0.1) is 11.8 Å².